The number of hydrogen-bond acceptors (Lipinski definition) is 0. The Morgan fingerprint density at radius 1 is 0.238 bits per heavy atom. The third-order valence-electron chi connectivity index (χ3n) is 14.1. The molecule has 10 aromatic carbocycles. The highest BCUT2D eigenvalue weighted by Crippen LogP contribution is 2.63. The molecule has 0 atom stereocenters. The first-order valence-electron chi connectivity index (χ1n) is 21.9. The van der Waals surface area contributed by atoms with Crippen LogP contribution in [0.4, 0.5) is 0 Å². The summed E-state index contributed by atoms with van der Waals surface area (Å²) < 4.78 is 4.99. The Morgan fingerprint density at radius 3 is 1.10 bits per heavy atom. The predicted molar refractivity (Wildman–Crippen MR) is 262 cm³/mol. The van der Waals surface area contributed by atoms with E-state index in [1.807, 2.05) is 0 Å². The molecule has 2 aromatic heterocycles. The van der Waals surface area contributed by atoms with E-state index in [-0.39, 0.29) is 0 Å². The van der Waals surface area contributed by atoms with Crippen molar-refractivity contribution in [2.24, 2.45) is 0 Å². The smallest absolute Gasteiger partial charge is 0.0727 e. The van der Waals surface area contributed by atoms with Gasteiger partial charge < -0.3 is 9.13 Å². The van der Waals surface area contributed by atoms with Crippen LogP contribution in [0.2, 0.25) is 0 Å². The summed E-state index contributed by atoms with van der Waals surface area (Å²) >= 11 is 0. The number of nitrogens with zero attached hydrogens (tertiary/aromatic N) is 2. The molecule has 2 aliphatic carbocycles. The lowest BCUT2D eigenvalue weighted by molar-refractivity contribution is 0.791. The van der Waals surface area contributed by atoms with Gasteiger partial charge in [-0.3, -0.25) is 0 Å². The average molecular weight is 799 g/mol. The molecule has 63 heavy (non-hydrogen) atoms. The third kappa shape index (κ3) is 4.67. The number of hydrogen-bond donors (Lipinski definition) is 0. The number of aromatic nitrogens is 2. The van der Waals surface area contributed by atoms with Gasteiger partial charge in [0, 0.05) is 32.9 Å². The third-order valence-corrected chi connectivity index (χ3v) is 14.1. The van der Waals surface area contributed by atoms with Crippen LogP contribution in [0.3, 0.4) is 0 Å². The van der Waals surface area contributed by atoms with E-state index in [9.17, 15) is 0 Å². The average Bonchev–Trinajstić information content (AvgIpc) is 4.06. The Bertz CT molecular complexity index is 3590. The zero-order valence-electron chi connectivity index (χ0n) is 34.3. The van der Waals surface area contributed by atoms with E-state index >= 15 is 0 Å². The molecule has 12 aromatic rings. The number of benzene rings is 10. The highest BCUT2D eigenvalue weighted by atomic mass is 15.0. The second-order valence-electron chi connectivity index (χ2n) is 17.2. The molecule has 0 saturated heterocycles. The molecular weight excluding hydrogens is 761 g/mol. The van der Waals surface area contributed by atoms with Gasteiger partial charge in [-0.15, -0.1) is 0 Å². The van der Waals surface area contributed by atoms with Crippen LogP contribution in [-0.4, -0.2) is 9.13 Å². The van der Waals surface area contributed by atoms with Gasteiger partial charge in [-0.25, -0.2) is 0 Å². The highest BCUT2D eigenvalue weighted by molar-refractivity contribution is 6.12. The van der Waals surface area contributed by atoms with E-state index in [0.717, 1.165) is 11.4 Å². The van der Waals surface area contributed by atoms with Crippen LogP contribution in [0, 0.1) is 0 Å². The van der Waals surface area contributed by atoms with Gasteiger partial charge in [0.25, 0.3) is 0 Å². The highest BCUT2D eigenvalue weighted by Gasteiger charge is 2.52. The van der Waals surface area contributed by atoms with E-state index < -0.39 is 5.41 Å². The molecule has 292 valence electrons. The SMILES string of the molecule is c1ccc(-c2ccc3c4ccccc4n(-c4ccc5c(c4)C4(c6ccccc6-c6ccccc64)c4cc(-n6c7ccccc7c7ccc(-c8ccccc8)cc76)ccc4-5)c3c2)cc1. The molecule has 0 unspecified atom stereocenters. The van der Waals surface area contributed by atoms with Gasteiger partial charge in [0.2, 0.25) is 0 Å². The van der Waals surface area contributed by atoms with Crippen molar-refractivity contribution in [3.8, 4) is 55.9 Å². The molecule has 2 aliphatic rings. The molecule has 2 heteroatoms. The molecule has 0 aliphatic heterocycles. The fourth-order valence-electron chi connectivity index (χ4n) is 11.5. The summed E-state index contributed by atoms with van der Waals surface area (Å²) in [5.41, 5.74) is 22.0. The first-order valence-corrected chi connectivity index (χ1v) is 21.9. The summed E-state index contributed by atoms with van der Waals surface area (Å²) in [4.78, 5) is 0. The lowest BCUT2D eigenvalue weighted by Gasteiger charge is -2.31. The Balaban J connectivity index is 1.05. The molecule has 1 spiro atoms. The second-order valence-corrected chi connectivity index (χ2v) is 17.2. The molecule has 0 N–H and O–H groups in total. The van der Waals surface area contributed by atoms with Crippen molar-refractivity contribution >= 4 is 43.6 Å². The minimum atomic E-state index is -0.536. The van der Waals surface area contributed by atoms with Crippen molar-refractivity contribution in [3.05, 3.63) is 253 Å². The van der Waals surface area contributed by atoms with Crippen LogP contribution >= 0.6 is 0 Å². The Kier molecular flexibility index (Phi) is 7.07. The van der Waals surface area contributed by atoms with E-state index in [4.69, 9.17) is 0 Å². The van der Waals surface area contributed by atoms with E-state index in [1.54, 1.807) is 0 Å². The Hall–Kier alpha value is -8.20. The Labute approximate surface area is 365 Å². The van der Waals surface area contributed by atoms with Gasteiger partial charge in [0.1, 0.15) is 0 Å². The topological polar surface area (TPSA) is 9.86 Å². The fourth-order valence-corrected chi connectivity index (χ4v) is 11.5. The summed E-state index contributed by atoms with van der Waals surface area (Å²) in [5, 5.41) is 5.03. The first kappa shape index (κ1) is 34.5. The quantitative estimate of drug-likeness (QED) is 0.168. The standard InChI is InChI=1S/C61H38N2/c1-3-15-39(16-4-1)41-27-31-51-49-21-9-13-25-57(49)62(59(51)35-41)43-29-33-47-48-34-30-44(38-56(48)61(55(47)37-43)53-23-11-7-19-45(53)46-20-8-12-24-54(46)61)63-58-26-14-10-22-50(58)52-32-28-42(36-60(52)63)40-17-5-2-6-18-40/h1-38H. The molecule has 2 heterocycles. The normalized spacial score (nSPS) is 13.2. The van der Waals surface area contributed by atoms with E-state index in [1.165, 1.54) is 110 Å². The predicted octanol–water partition coefficient (Wildman–Crippen LogP) is 15.6. The van der Waals surface area contributed by atoms with Gasteiger partial charge >= 0.3 is 0 Å². The van der Waals surface area contributed by atoms with Crippen LogP contribution < -0.4 is 0 Å². The van der Waals surface area contributed by atoms with Crippen LogP contribution in [0.25, 0.3) is 99.5 Å². The minimum absolute atomic E-state index is 0.536. The zero-order valence-corrected chi connectivity index (χ0v) is 34.3. The zero-order chi connectivity index (χ0) is 41.2. The maximum atomic E-state index is 2.52. The van der Waals surface area contributed by atoms with Crippen LogP contribution in [0.5, 0.6) is 0 Å². The summed E-state index contributed by atoms with van der Waals surface area (Å²) in [6.07, 6.45) is 0. The maximum Gasteiger partial charge on any atom is 0.0727 e. The molecule has 14 rings (SSSR count). The molecule has 0 radical (unpaired) electrons. The lowest BCUT2D eigenvalue weighted by Crippen LogP contribution is -2.26. The second kappa shape index (κ2) is 12.9. The lowest BCUT2D eigenvalue weighted by atomic mass is 9.70. The largest absolute Gasteiger partial charge is 0.309 e. The first-order chi connectivity index (χ1) is 31.3. The van der Waals surface area contributed by atoms with Crippen molar-refractivity contribution in [3.63, 3.8) is 0 Å². The molecule has 0 bridgehead atoms. The summed E-state index contributed by atoms with van der Waals surface area (Å²) in [7, 11) is 0. The number of rotatable bonds is 4. The van der Waals surface area contributed by atoms with E-state index in [2.05, 4.69) is 240 Å². The molecule has 2 nitrogen and oxygen atoms in total. The molecule has 0 fully saturated rings. The maximum absolute atomic E-state index is 2.52. The van der Waals surface area contributed by atoms with Crippen molar-refractivity contribution < 1.29 is 0 Å². The summed E-state index contributed by atoms with van der Waals surface area (Å²) in [5.74, 6) is 0. The summed E-state index contributed by atoms with van der Waals surface area (Å²) in [6, 6.07) is 85.9. The fraction of sp³-hybridized carbons (Fsp3) is 0.0164. The van der Waals surface area contributed by atoms with Gasteiger partial charge in [-0.2, -0.15) is 0 Å². The number of fused-ring (bicyclic) bond motifs is 16. The number of para-hydroxylation sites is 2. The monoisotopic (exact) mass is 798 g/mol. The van der Waals surface area contributed by atoms with Gasteiger partial charge in [-0.1, -0.05) is 182 Å². The molecule has 0 saturated carbocycles. The van der Waals surface area contributed by atoms with Crippen LogP contribution in [-0.2, 0) is 5.41 Å². The van der Waals surface area contributed by atoms with Gasteiger partial charge in [0.15, 0.2) is 0 Å². The molecular formula is C61H38N2. The van der Waals surface area contributed by atoms with Crippen molar-refractivity contribution in [2.45, 2.75) is 5.41 Å². The van der Waals surface area contributed by atoms with Crippen molar-refractivity contribution in [1.82, 2.24) is 9.13 Å². The van der Waals surface area contributed by atoms with Crippen LogP contribution in [0.15, 0.2) is 231 Å². The summed E-state index contributed by atoms with van der Waals surface area (Å²) in [6.45, 7) is 0. The van der Waals surface area contributed by atoms with E-state index in [0.29, 0.717) is 0 Å². The Morgan fingerprint density at radius 2 is 0.619 bits per heavy atom. The van der Waals surface area contributed by atoms with Crippen LogP contribution in [0.1, 0.15) is 22.3 Å². The van der Waals surface area contributed by atoms with Gasteiger partial charge in [-0.05, 0) is 115 Å². The molecule has 0 amide bonds. The van der Waals surface area contributed by atoms with Gasteiger partial charge in [0.05, 0.1) is 27.5 Å². The minimum Gasteiger partial charge on any atom is -0.309 e. The van der Waals surface area contributed by atoms with Crippen molar-refractivity contribution in [2.75, 3.05) is 0 Å². The van der Waals surface area contributed by atoms with Crippen molar-refractivity contribution in [1.29, 1.82) is 0 Å².